The normalized spacial score (nSPS) is 15.6. The summed E-state index contributed by atoms with van der Waals surface area (Å²) >= 11 is 0. The van der Waals surface area contributed by atoms with Gasteiger partial charge in [-0.3, -0.25) is 0 Å². The first-order chi connectivity index (χ1) is 17.5. The number of hydrogen-bond acceptors (Lipinski definition) is 0. The number of hydrogen-bond donors (Lipinski definition) is 0. The summed E-state index contributed by atoms with van der Waals surface area (Å²) in [6, 6.07) is 15.7. The fourth-order valence-corrected chi connectivity index (χ4v) is 5.12. The number of allylic oxidation sites excluding steroid dienone is 3. The molecule has 0 aromatic heterocycles. The standard InChI is InChI=1S/C33H35F3/c1-3-5-7-9-27-18-21-30(33(36)32(27)35)26-16-14-25(15-17-26)29-20-19-28(22-31(29)34)24-12-10-23(11-13-24)8-6-4-2/h4,12,14-23H,2-3,5-11,13H2,1H3. The molecule has 3 heteroatoms. The maximum atomic E-state index is 15.1. The molecule has 0 nitrogen and oxygen atoms in total. The first-order valence-corrected chi connectivity index (χ1v) is 13.2. The van der Waals surface area contributed by atoms with E-state index in [2.05, 4.69) is 19.6 Å². The summed E-state index contributed by atoms with van der Waals surface area (Å²) in [5.74, 6) is -1.17. The lowest BCUT2D eigenvalue weighted by Gasteiger charge is -2.22. The maximum Gasteiger partial charge on any atom is 0.166 e. The monoisotopic (exact) mass is 488 g/mol. The molecule has 0 saturated heterocycles. The van der Waals surface area contributed by atoms with Gasteiger partial charge in [-0.05, 0) is 84.8 Å². The molecule has 0 heterocycles. The van der Waals surface area contributed by atoms with E-state index in [1.54, 1.807) is 42.5 Å². The third kappa shape index (κ3) is 6.00. The van der Waals surface area contributed by atoms with Crippen LogP contribution in [0.2, 0.25) is 0 Å². The van der Waals surface area contributed by atoms with E-state index in [0.717, 1.165) is 56.9 Å². The van der Waals surface area contributed by atoms with Crippen LogP contribution in [0, 0.1) is 23.4 Å². The lowest BCUT2D eigenvalue weighted by molar-refractivity contribution is 0.454. The Morgan fingerprint density at radius 1 is 0.861 bits per heavy atom. The molecule has 0 amide bonds. The van der Waals surface area contributed by atoms with Crippen molar-refractivity contribution in [2.45, 2.75) is 64.7 Å². The molecule has 3 aromatic carbocycles. The molecule has 0 fully saturated rings. The summed E-state index contributed by atoms with van der Waals surface area (Å²) in [5.41, 5.74) is 4.58. The van der Waals surface area contributed by atoms with E-state index in [1.807, 2.05) is 18.2 Å². The lowest BCUT2D eigenvalue weighted by atomic mass is 9.84. The smallest absolute Gasteiger partial charge is 0.166 e. The Hall–Kier alpha value is -3.07. The minimum atomic E-state index is -0.820. The number of halogens is 3. The average molecular weight is 489 g/mol. The van der Waals surface area contributed by atoms with Gasteiger partial charge >= 0.3 is 0 Å². The van der Waals surface area contributed by atoms with E-state index in [4.69, 9.17) is 0 Å². The number of aryl methyl sites for hydroxylation is 1. The van der Waals surface area contributed by atoms with Gasteiger partial charge in [0.15, 0.2) is 11.6 Å². The zero-order chi connectivity index (χ0) is 25.5. The molecule has 0 bridgehead atoms. The van der Waals surface area contributed by atoms with Crippen LogP contribution in [0.1, 0.15) is 69.4 Å². The molecule has 0 aliphatic heterocycles. The third-order valence-electron chi connectivity index (χ3n) is 7.36. The van der Waals surface area contributed by atoms with Crippen molar-refractivity contribution < 1.29 is 13.2 Å². The van der Waals surface area contributed by atoms with Crippen molar-refractivity contribution in [1.82, 2.24) is 0 Å². The predicted octanol–water partition coefficient (Wildman–Crippen LogP) is 10.3. The highest BCUT2D eigenvalue weighted by molar-refractivity contribution is 5.74. The molecule has 1 unspecified atom stereocenters. The molecular formula is C33H35F3. The molecule has 36 heavy (non-hydrogen) atoms. The van der Waals surface area contributed by atoms with Crippen LogP contribution < -0.4 is 0 Å². The second-order valence-corrected chi connectivity index (χ2v) is 9.87. The van der Waals surface area contributed by atoms with Gasteiger partial charge in [0.1, 0.15) is 5.82 Å². The van der Waals surface area contributed by atoms with Crippen molar-refractivity contribution in [2.24, 2.45) is 5.92 Å². The number of rotatable bonds is 10. The summed E-state index contributed by atoms with van der Waals surface area (Å²) in [6.45, 7) is 5.89. The summed E-state index contributed by atoms with van der Waals surface area (Å²) < 4.78 is 44.5. The SMILES string of the molecule is C=CCCC1CC=C(c2ccc(-c3ccc(-c4ccc(CCCCC)c(F)c4F)cc3)c(F)c2)CC1. The van der Waals surface area contributed by atoms with Gasteiger partial charge in [0.05, 0.1) is 0 Å². The highest BCUT2D eigenvalue weighted by Gasteiger charge is 2.17. The predicted molar refractivity (Wildman–Crippen MR) is 145 cm³/mol. The Labute approximate surface area is 213 Å². The summed E-state index contributed by atoms with van der Waals surface area (Å²) in [4.78, 5) is 0. The summed E-state index contributed by atoms with van der Waals surface area (Å²) in [7, 11) is 0. The minimum Gasteiger partial charge on any atom is -0.206 e. The topological polar surface area (TPSA) is 0 Å². The van der Waals surface area contributed by atoms with E-state index in [1.165, 1.54) is 5.57 Å². The summed E-state index contributed by atoms with van der Waals surface area (Å²) in [5, 5.41) is 0. The Kier molecular flexibility index (Phi) is 8.85. The largest absolute Gasteiger partial charge is 0.206 e. The van der Waals surface area contributed by atoms with E-state index in [9.17, 15) is 8.78 Å². The fourth-order valence-electron chi connectivity index (χ4n) is 5.12. The minimum absolute atomic E-state index is 0.227. The zero-order valence-corrected chi connectivity index (χ0v) is 21.1. The van der Waals surface area contributed by atoms with Gasteiger partial charge in [0.2, 0.25) is 0 Å². The van der Waals surface area contributed by atoms with Crippen LogP contribution in [0.4, 0.5) is 13.2 Å². The molecule has 188 valence electrons. The van der Waals surface area contributed by atoms with Crippen molar-refractivity contribution in [3.8, 4) is 22.3 Å². The highest BCUT2D eigenvalue weighted by Crippen LogP contribution is 2.35. The van der Waals surface area contributed by atoms with Crippen LogP contribution >= 0.6 is 0 Å². The maximum absolute atomic E-state index is 15.1. The second-order valence-electron chi connectivity index (χ2n) is 9.87. The van der Waals surface area contributed by atoms with E-state index in [0.29, 0.717) is 34.6 Å². The average Bonchev–Trinajstić information content (AvgIpc) is 2.90. The fraction of sp³-hybridized carbons (Fsp3) is 0.333. The van der Waals surface area contributed by atoms with Crippen molar-refractivity contribution in [3.05, 3.63) is 102 Å². The molecule has 0 radical (unpaired) electrons. The van der Waals surface area contributed by atoms with Crippen LogP contribution in [-0.2, 0) is 6.42 Å². The van der Waals surface area contributed by atoms with Gasteiger partial charge < -0.3 is 0 Å². The molecular weight excluding hydrogens is 453 g/mol. The molecule has 4 rings (SSSR count). The number of benzene rings is 3. The Bertz CT molecular complexity index is 1220. The van der Waals surface area contributed by atoms with E-state index in [-0.39, 0.29) is 11.4 Å². The van der Waals surface area contributed by atoms with Gasteiger partial charge in [-0.15, -0.1) is 6.58 Å². The van der Waals surface area contributed by atoms with E-state index >= 15 is 4.39 Å². The van der Waals surface area contributed by atoms with Crippen molar-refractivity contribution in [3.63, 3.8) is 0 Å². The van der Waals surface area contributed by atoms with E-state index < -0.39 is 11.6 Å². The molecule has 1 aliphatic rings. The van der Waals surface area contributed by atoms with Crippen molar-refractivity contribution in [1.29, 1.82) is 0 Å². The van der Waals surface area contributed by atoms with Crippen LogP contribution in [0.5, 0.6) is 0 Å². The first kappa shape index (κ1) is 26.0. The van der Waals surface area contributed by atoms with Gasteiger partial charge in [0.25, 0.3) is 0 Å². The van der Waals surface area contributed by atoms with Gasteiger partial charge in [-0.25, -0.2) is 13.2 Å². The molecule has 1 atom stereocenters. The molecule has 1 aliphatic carbocycles. The molecule has 3 aromatic rings. The first-order valence-electron chi connectivity index (χ1n) is 13.2. The van der Waals surface area contributed by atoms with Gasteiger partial charge in [-0.2, -0.15) is 0 Å². The van der Waals surface area contributed by atoms with Gasteiger partial charge in [-0.1, -0.05) is 80.4 Å². The van der Waals surface area contributed by atoms with Crippen molar-refractivity contribution >= 4 is 5.57 Å². The van der Waals surface area contributed by atoms with Crippen LogP contribution in [-0.4, -0.2) is 0 Å². The van der Waals surface area contributed by atoms with Crippen LogP contribution in [0.15, 0.2) is 73.3 Å². The van der Waals surface area contributed by atoms with Gasteiger partial charge in [0, 0.05) is 11.1 Å². The molecule has 0 spiro atoms. The third-order valence-corrected chi connectivity index (χ3v) is 7.36. The quantitative estimate of drug-likeness (QED) is 0.197. The highest BCUT2D eigenvalue weighted by atomic mass is 19.2. The number of unbranched alkanes of at least 4 members (excludes halogenated alkanes) is 2. The van der Waals surface area contributed by atoms with Crippen LogP contribution in [0.3, 0.4) is 0 Å². The molecule has 0 saturated carbocycles. The Morgan fingerprint density at radius 3 is 2.19 bits per heavy atom. The molecule has 0 N–H and O–H groups in total. The second kappa shape index (κ2) is 12.3. The zero-order valence-electron chi connectivity index (χ0n) is 21.1. The Morgan fingerprint density at radius 2 is 1.56 bits per heavy atom. The summed E-state index contributed by atoms with van der Waals surface area (Å²) in [6.07, 6.45) is 13.0. The lowest BCUT2D eigenvalue weighted by Crippen LogP contribution is -2.05. The Balaban J connectivity index is 1.49. The van der Waals surface area contributed by atoms with Crippen LogP contribution in [0.25, 0.3) is 27.8 Å². The van der Waals surface area contributed by atoms with Crippen molar-refractivity contribution in [2.75, 3.05) is 0 Å².